The predicted octanol–water partition coefficient (Wildman–Crippen LogP) is 4.65. The van der Waals surface area contributed by atoms with Crippen LogP contribution in [0.5, 0.6) is 0 Å². The van der Waals surface area contributed by atoms with Crippen molar-refractivity contribution in [2.75, 3.05) is 39.8 Å². The van der Waals surface area contributed by atoms with E-state index in [0.29, 0.717) is 31.1 Å². The van der Waals surface area contributed by atoms with Gasteiger partial charge in [-0.15, -0.1) is 0 Å². The maximum absolute atomic E-state index is 15.0. The van der Waals surface area contributed by atoms with Gasteiger partial charge in [0.2, 0.25) is 5.91 Å². The number of nitrogens with zero attached hydrogens (tertiary/aromatic N) is 1. The highest BCUT2D eigenvalue weighted by atomic mass is 35.5. The lowest BCUT2D eigenvalue weighted by molar-refractivity contribution is -0.129. The first-order chi connectivity index (χ1) is 17.4. The second-order valence-electron chi connectivity index (χ2n) is 10.1. The zero-order valence-electron chi connectivity index (χ0n) is 21.7. The fourth-order valence-electron chi connectivity index (χ4n) is 5.61. The molecule has 3 rings (SSSR count). The van der Waals surface area contributed by atoms with Crippen molar-refractivity contribution >= 4 is 23.5 Å². The van der Waals surface area contributed by atoms with E-state index in [0.717, 1.165) is 25.8 Å². The first kappa shape index (κ1) is 28.7. The van der Waals surface area contributed by atoms with Crippen molar-refractivity contribution in [3.8, 4) is 0 Å². The van der Waals surface area contributed by atoms with Gasteiger partial charge in [-0.3, -0.25) is 4.79 Å². The second kappa shape index (κ2) is 14.7. The Morgan fingerprint density at radius 2 is 1.97 bits per heavy atom. The van der Waals surface area contributed by atoms with Gasteiger partial charge in [-0.25, -0.2) is 9.18 Å². The molecule has 0 unspecified atom stereocenters. The van der Waals surface area contributed by atoms with Gasteiger partial charge in [0.1, 0.15) is 12.4 Å². The molecular formula is C27H42ClFN4O3. The lowest BCUT2D eigenvalue weighted by Crippen LogP contribution is -2.52. The van der Waals surface area contributed by atoms with Crippen molar-refractivity contribution in [3.05, 3.63) is 34.6 Å². The Labute approximate surface area is 219 Å². The van der Waals surface area contributed by atoms with Gasteiger partial charge in [0.25, 0.3) is 0 Å². The van der Waals surface area contributed by atoms with Gasteiger partial charge >= 0.3 is 6.03 Å². The number of amides is 3. The van der Waals surface area contributed by atoms with E-state index in [-0.39, 0.29) is 35.5 Å². The van der Waals surface area contributed by atoms with Crippen LogP contribution in [0.25, 0.3) is 0 Å². The average Bonchev–Trinajstić information content (AvgIpc) is 2.87. The van der Waals surface area contributed by atoms with E-state index in [1.54, 1.807) is 12.1 Å². The number of hydrogen-bond acceptors (Lipinski definition) is 4. The number of carbonyl (C=O) groups excluding carboxylic acids is 2. The van der Waals surface area contributed by atoms with Crippen molar-refractivity contribution in [1.29, 1.82) is 0 Å². The van der Waals surface area contributed by atoms with Crippen LogP contribution in [0.1, 0.15) is 70.0 Å². The standard InChI is InChI=1S/C27H42ClFN4O3/c1-3-31-24(34)18-36-26(22-12-7-13-23(28)25(22)29)20-11-8-14-33(17-20)27(35)32-21(16-30-2)15-19-9-5-4-6-10-19/h7,12-13,19-21,26,30H,3-6,8-11,14-18H2,1-2H3,(H,31,34)(H,32,35)/t20-,21+,26-/m1/s1. The first-order valence-corrected chi connectivity index (χ1v) is 13.8. The normalized spacial score (nSPS) is 20.6. The Bertz CT molecular complexity index is 852. The topological polar surface area (TPSA) is 82.7 Å². The number of nitrogens with one attached hydrogen (secondary N) is 3. The fraction of sp³-hybridized carbons (Fsp3) is 0.704. The van der Waals surface area contributed by atoms with Crippen molar-refractivity contribution in [1.82, 2.24) is 20.9 Å². The van der Waals surface area contributed by atoms with E-state index >= 15 is 4.39 Å². The van der Waals surface area contributed by atoms with Gasteiger partial charge < -0.3 is 25.6 Å². The largest absolute Gasteiger partial charge is 0.363 e. The van der Waals surface area contributed by atoms with Crippen LogP contribution in [0.2, 0.25) is 5.02 Å². The number of piperidine rings is 1. The molecule has 9 heteroatoms. The molecule has 1 aromatic rings. The Morgan fingerprint density at radius 1 is 1.19 bits per heavy atom. The molecule has 3 N–H and O–H groups in total. The number of hydrogen-bond donors (Lipinski definition) is 3. The molecule has 1 aromatic carbocycles. The average molecular weight is 525 g/mol. The SMILES string of the molecule is CCNC(=O)CO[C@@H](c1cccc(Cl)c1F)[C@@H]1CCCN(C(=O)N[C@H](CNC)CC2CCCCC2)C1. The van der Waals surface area contributed by atoms with Gasteiger partial charge in [-0.2, -0.15) is 0 Å². The van der Waals surface area contributed by atoms with Gasteiger partial charge in [0.05, 0.1) is 11.1 Å². The summed E-state index contributed by atoms with van der Waals surface area (Å²) in [7, 11) is 1.91. The Kier molecular flexibility index (Phi) is 11.7. The molecule has 3 atom stereocenters. The molecule has 0 bridgehead atoms. The van der Waals surface area contributed by atoms with E-state index in [1.807, 2.05) is 18.9 Å². The van der Waals surface area contributed by atoms with Gasteiger partial charge in [0, 0.05) is 43.7 Å². The molecule has 0 spiro atoms. The molecule has 0 aromatic heterocycles. The van der Waals surface area contributed by atoms with Crippen LogP contribution in [0.4, 0.5) is 9.18 Å². The Morgan fingerprint density at radius 3 is 2.69 bits per heavy atom. The quantitative estimate of drug-likeness (QED) is 0.393. The minimum atomic E-state index is -0.683. The summed E-state index contributed by atoms with van der Waals surface area (Å²) in [6, 6.07) is 4.81. The fourth-order valence-corrected chi connectivity index (χ4v) is 5.79. The number of carbonyl (C=O) groups is 2. The Balaban J connectivity index is 1.69. The molecular weight excluding hydrogens is 483 g/mol. The molecule has 7 nitrogen and oxygen atoms in total. The van der Waals surface area contributed by atoms with Crippen molar-refractivity contribution < 1.29 is 18.7 Å². The summed E-state index contributed by atoms with van der Waals surface area (Å²) in [6.45, 7) is 3.93. The summed E-state index contributed by atoms with van der Waals surface area (Å²) in [5, 5.41) is 9.19. The van der Waals surface area contributed by atoms with Crippen LogP contribution >= 0.6 is 11.6 Å². The molecule has 202 valence electrons. The number of likely N-dealkylation sites (tertiary alicyclic amines) is 1. The molecule has 36 heavy (non-hydrogen) atoms. The third-order valence-corrected chi connectivity index (χ3v) is 7.64. The van der Waals surface area contributed by atoms with E-state index < -0.39 is 11.9 Å². The summed E-state index contributed by atoms with van der Waals surface area (Å²) in [5.74, 6) is -0.298. The molecule has 1 heterocycles. The molecule has 2 aliphatic rings. The number of urea groups is 1. The second-order valence-corrected chi connectivity index (χ2v) is 10.5. The number of likely N-dealkylation sites (N-methyl/N-ethyl adjacent to an activating group) is 2. The maximum atomic E-state index is 15.0. The highest BCUT2D eigenvalue weighted by Crippen LogP contribution is 2.36. The zero-order valence-corrected chi connectivity index (χ0v) is 22.4. The minimum absolute atomic E-state index is 0.0159. The third-order valence-electron chi connectivity index (χ3n) is 7.35. The molecule has 1 saturated carbocycles. The molecule has 1 saturated heterocycles. The van der Waals surface area contributed by atoms with Crippen molar-refractivity contribution in [2.45, 2.75) is 70.4 Å². The maximum Gasteiger partial charge on any atom is 0.317 e. The summed E-state index contributed by atoms with van der Waals surface area (Å²) < 4.78 is 21.0. The van der Waals surface area contributed by atoms with Gasteiger partial charge in [-0.05, 0) is 45.2 Å². The smallest absolute Gasteiger partial charge is 0.317 e. The number of benzene rings is 1. The van der Waals surface area contributed by atoms with Crippen LogP contribution in [-0.2, 0) is 9.53 Å². The number of halogens is 2. The van der Waals surface area contributed by atoms with Crippen LogP contribution in [0.3, 0.4) is 0 Å². The highest BCUT2D eigenvalue weighted by Gasteiger charge is 2.34. The molecule has 3 amide bonds. The monoisotopic (exact) mass is 524 g/mol. The molecule has 1 aliphatic carbocycles. The lowest BCUT2D eigenvalue weighted by Gasteiger charge is -2.38. The summed E-state index contributed by atoms with van der Waals surface area (Å²) in [6.07, 6.45) is 8.17. The van der Waals surface area contributed by atoms with Crippen LogP contribution in [-0.4, -0.2) is 62.7 Å². The van der Waals surface area contributed by atoms with E-state index in [4.69, 9.17) is 16.3 Å². The summed E-state index contributed by atoms with van der Waals surface area (Å²) in [4.78, 5) is 27.2. The van der Waals surface area contributed by atoms with Crippen LogP contribution in [0, 0.1) is 17.7 Å². The van der Waals surface area contributed by atoms with Crippen molar-refractivity contribution in [3.63, 3.8) is 0 Å². The zero-order chi connectivity index (χ0) is 25.9. The first-order valence-electron chi connectivity index (χ1n) is 13.4. The molecule has 2 fully saturated rings. The van der Waals surface area contributed by atoms with Gasteiger partial charge in [-0.1, -0.05) is 55.8 Å². The summed E-state index contributed by atoms with van der Waals surface area (Å²) >= 11 is 6.07. The third kappa shape index (κ3) is 8.32. The minimum Gasteiger partial charge on any atom is -0.363 e. The summed E-state index contributed by atoms with van der Waals surface area (Å²) in [5.41, 5.74) is 0.324. The molecule has 1 aliphatic heterocycles. The predicted molar refractivity (Wildman–Crippen MR) is 141 cm³/mol. The lowest BCUT2D eigenvalue weighted by atomic mass is 9.85. The Hall–Kier alpha value is -1.90. The highest BCUT2D eigenvalue weighted by molar-refractivity contribution is 6.30. The number of rotatable bonds is 11. The van der Waals surface area contributed by atoms with Gasteiger partial charge in [0.15, 0.2) is 0 Å². The molecule has 0 radical (unpaired) electrons. The number of ether oxygens (including phenoxy) is 1. The van der Waals surface area contributed by atoms with Crippen LogP contribution in [0.15, 0.2) is 18.2 Å². The van der Waals surface area contributed by atoms with E-state index in [2.05, 4.69) is 16.0 Å². The van der Waals surface area contributed by atoms with Crippen LogP contribution < -0.4 is 16.0 Å². The van der Waals surface area contributed by atoms with E-state index in [9.17, 15) is 9.59 Å². The van der Waals surface area contributed by atoms with E-state index in [1.165, 1.54) is 38.2 Å². The van der Waals surface area contributed by atoms with Crippen molar-refractivity contribution in [2.24, 2.45) is 11.8 Å².